The van der Waals surface area contributed by atoms with Crippen molar-refractivity contribution < 1.29 is 4.39 Å². The molecule has 130 valence electrons. The first-order chi connectivity index (χ1) is 12.5. The molecule has 0 saturated heterocycles. The van der Waals surface area contributed by atoms with E-state index in [0.29, 0.717) is 17.0 Å². The lowest BCUT2D eigenvalue weighted by atomic mass is 10.1. The minimum atomic E-state index is -0.510. The quantitative estimate of drug-likeness (QED) is 0.525. The molecule has 0 bridgehead atoms. The van der Waals surface area contributed by atoms with Gasteiger partial charge in [-0.3, -0.25) is 4.98 Å². The molecule has 0 aliphatic rings. The monoisotopic (exact) mass is 386 g/mol. The number of halogens is 2. The van der Waals surface area contributed by atoms with Crippen molar-refractivity contribution in [2.24, 2.45) is 0 Å². The normalized spacial score (nSPS) is 11.0. The van der Waals surface area contributed by atoms with Gasteiger partial charge in [0.15, 0.2) is 0 Å². The Morgan fingerprint density at radius 3 is 2.85 bits per heavy atom. The smallest absolute Gasteiger partial charge is 0.339 e. The lowest BCUT2D eigenvalue weighted by Crippen LogP contribution is -2.13. The van der Waals surface area contributed by atoms with E-state index in [2.05, 4.69) is 20.3 Å². The first kappa shape index (κ1) is 16.7. The maximum absolute atomic E-state index is 13.4. The number of nitrogens with one attached hydrogen (secondary N) is 2. The second kappa shape index (κ2) is 6.51. The second-order valence-corrected chi connectivity index (χ2v) is 7.02. The molecule has 2 N–H and O–H groups in total. The highest BCUT2D eigenvalue weighted by Gasteiger charge is 2.12. The lowest BCUT2D eigenvalue weighted by Gasteiger charge is -2.12. The number of aryl methyl sites for hydroxylation is 1. The highest BCUT2D eigenvalue weighted by atomic mass is 35.5. The van der Waals surface area contributed by atoms with Crippen molar-refractivity contribution in [2.75, 3.05) is 5.32 Å². The molecule has 0 saturated carbocycles. The van der Waals surface area contributed by atoms with Crippen molar-refractivity contribution in [3.63, 3.8) is 0 Å². The molecule has 2 heterocycles. The summed E-state index contributed by atoms with van der Waals surface area (Å²) in [4.78, 5) is 23.9. The summed E-state index contributed by atoms with van der Waals surface area (Å²) in [5.41, 5.74) is 4.41. The Kier molecular flexibility index (Phi) is 4.18. The Morgan fingerprint density at radius 2 is 2.12 bits per heavy atom. The van der Waals surface area contributed by atoms with Gasteiger partial charge in [0, 0.05) is 17.3 Å². The van der Waals surface area contributed by atoms with Gasteiger partial charge in [0.25, 0.3) is 0 Å². The summed E-state index contributed by atoms with van der Waals surface area (Å²) in [6.45, 7) is 1.92. The van der Waals surface area contributed by atoms with E-state index in [1.807, 2.05) is 19.1 Å². The number of aromatic amines is 1. The van der Waals surface area contributed by atoms with Gasteiger partial charge >= 0.3 is 5.69 Å². The number of H-pyrrole nitrogens is 1. The summed E-state index contributed by atoms with van der Waals surface area (Å²) < 4.78 is 13.4. The average Bonchev–Trinajstić information content (AvgIpc) is 3.13. The van der Waals surface area contributed by atoms with Crippen LogP contribution >= 0.6 is 22.9 Å². The molecule has 2 aromatic carbocycles. The third-order valence-electron chi connectivity index (χ3n) is 3.94. The van der Waals surface area contributed by atoms with Gasteiger partial charge in [-0.05, 0) is 48.4 Å². The van der Waals surface area contributed by atoms with Crippen LogP contribution in [0.5, 0.6) is 0 Å². The molecular formula is C18H12ClFN4OS. The summed E-state index contributed by atoms with van der Waals surface area (Å²) in [7, 11) is 0. The SMILES string of the molecule is Cc1cc(-c2cncs2)cc2c(Nc3ccc(F)c(Cl)c3)nc(=O)[nH]c12. The maximum atomic E-state index is 13.4. The Morgan fingerprint density at radius 1 is 1.27 bits per heavy atom. The number of benzene rings is 2. The van der Waals surface area contributed by atoms with Gasteiger partial charge < -0.3 is 10.3 Å². The molecule has 0 fully saturated rings. The van der Waals surface area contributed by atoms with Crippen LogP contribution in [0.15, 0.2) is 46.8 Å². The summed E-state index contributed by atoms with van der Waals surface area (Å²) in [5, 5.41) is 3.80. The number of aromatic nitrogens is 3. The number of thiazole rings is 1. The fourth-order valence-electron chi connectivity index (χ4n) is 2.74. The van der Waals surface area contributed by atoms with Gasteiger partial charge in [-0.25, -0.2) is 9.18 Å². The molecule has 0 spiro atoms. The van der Waals surface area contributed by atoms with E-state index >= 15 is 0 Å². The molecule has 0 unspecified atom stereocenters. The van der Waals surface area contributed by atoms with Gasteiger partial charge in [0.05, 0.1) is 20.9 Å². The molecule has 0 atom stereocenters. The van der Waals surface area contributed by atoms with E-state index in [9.17, 15) is 9.18 Å². The summed E-state index contributed by atoms with van der Waals surface area (Å²) in [6.07, 6.45) is 1.79. The van der Waals surface area contributed by atoms with E-state index in [1.165, 1.54) is 29.5 Å². The first-order valence-corrected chi connectivity index (χ1v) is 8.92. The van der Waals surface area contributed by atoms with Crippen molar-refractivity contribution >= 4 is 45.3 Å². The van der Waals surface area contributed by atoms with Gasteiger partial charge in [0.1, 0.15) is 11.6 Å². The van der Waals surface area contributed by atoms with Crippen molar-refractivity contribution in [3.8, 4) is 10.4 Å². The third kappa shape index (κ3) is 3.07. The molecule has 5 nitrogen and oxygen atoms in total. The molecule has 4 rings (SSSR count). The highest BCUT2D eigenvalue weighted by molar-refractivity contribution is 7.13. The predicted molar refractivity (Wildman–Crippen MR) is 103 cm³/mol. The van der Waals surface area contributed by atoms with Crippen LogP contribution in [0.1, 0.15) is 5.56 Å². The number of nitrogens with zero attached hydrogens (tertiary/aromatic N) is 2. The Balaban J connectivity index is 1.90. The zero-order chi connectivity index (χ0) is 18.3. The van der Waals surface area contributed by atoms with Crippen LogP contribution in [0.3, 0.4) is 0 Å². The average molecular weight is 387 g/mol. The van der Waals surface area contributed by atoms with Crippen molar-refractivity contribution in [3.05, 3.63) is 68.9 Å². The molecule has 0 amide bonds. The van der Waals surface area contributed by atoms with E-state index in [-0.39, 0.29) is 5.02 Å². The number of anilines is 2. The number of rotatable bonds is 3. The fourth-order valence-corrected chi connectivity index (χ4v) is 3.53. The van der Waals surface area contributed by atoms with E-state index in [4.69, 9.17) is 11.6 Å². The minimum absolute atomic E-state index is 0.00863. The molecule has 4 aromatic rings. The summed E-state index contributed by atoms with van der Waals surface area (Å²) in [6, 6.07) is 8.17. The van der Waals surface area contributed by atoms with Crippen molar-refractivity contribution in [2.45, 2.75) is 6.92 Å². The lowest BCUT2D eigenvalue weighted by molar-refractivity contribution is 0.628. The Labute approximate surface area is 156 Å². The standard InChI is InChI=1S/C18H12ClFN4OS/c1-9-4-10(15-7-21-8-26-15)5-12-16(9)23-18(25)24-17(12)22-11-2-3-14(20)13(19)6-11/h2-8H,1H3,(H2,22,23,24,25). The topological polar surface area (TPSA) is 70.7 Å². The maximum Gasteiger partial charge on any atom is 0.347 e. The summed E-state index contributed by atoms with van der Waals surface area (Å²) >= 11 is 7.37. The second-order valence-electron chi connectivity index (χ2n) is 5.73. The Bertz CT molecular complexity index is 1170. The Hall–Kier alpha value is -2.77. The predicted octanol–water partition coefficient (Wildman–Crippen LogP) is 4.89. The third-order valence-corrected chi connectivity index (χ3v) is 5.05. The van der Waals surface area contributed by atoms with Crippen LogP contribution in [-0.2, 0) is 0 Å². The van der Waals surface area contributed by atoms with E-state index in [1.54, 1.807) is 11.7 Å². The first-order valence-electron chi connectivity index (χ1n) is 7.67. The van der Waals surface area contributed by atoms with Crippen LogP contribution in [0, 0.1) is 12.7 Å². The van der Waals surface area contributed by atoms with Crippen LogP contribution in [0.4, 0.5) is 15.9 Å². The van der Waals surface area contributed by atoms with Gasteiger partial charge in [-0.1, -0.05) is 11.6 Å². The molecule has 2 aromatic heterocycles. The van der Waals surface area contributed by atoms with Gasteiger partial charge in [-0.15, -0.1) is 11.3 Å². The fraction of sp³-hybridized carbons (Fsp3) is 0.0556. The van der Waals surface area contributed by atoms with Crippen LogP contribution < -0.4 is 11.0 Å². The molecule has 0 aliphatic carbocycles. The molecule has 0 aliphatic heterocycles. The largest absolute Gasteiger partial charge is 0.347 e. The number of fused-ring (bicyclic) bond motifs is 1. The minimum Gasteiger partial charge on any atom is -0.339 e. The van der Waals surface area contributed by atoms with Gasteiger partial charge in [0.2, 0.25) is 0 Å². The number of hydrogen-bond donors (Lipinski definition) is 2. The van der Waals surface area contributed by atoms with Crippen LogP contribution in [0.25, 0.3) is 21.3 Å². The van der Waals surface area contributed by atoms with Crippen LogP contribution in [-0.4, -0.2) is 15.0 Å². The zero-order valence-electron chi connectivity index (χ0n) is 13.5. The molecule has 8 heteroatoms. The molecular weight excluding hydrogens is 375 g/mol. The van der Waals surface area contributed by atoms with Crippen molar-refractivity contribution in [1.82, 2.24) is 15.0 Å². The van der Waals surface area contributed by atoms with E-state index in [0.717, 1.165) is 21.4 Å². The highest BCUT2D eigenvalue weighted by Crippen LogP contribution is 2.32. The van der Waals surface area contributed by atoms with Crippen LogP contribution in [0.2, 0.25) is 5.02 Å². The summed E-state index contributed by atoms with van der Waals surface area (Å²) in [5.74, 6) is -0.134. The molecule has 0 radical (unpaired) electrons. The zero-order valence-corrected chi connectivity index (χ0v) is 15.1. The van der Waals surface area contributed by atoms with Gasteiger partial charge in [-0.2, -0.15) is 4.98 Å². The van der Waals surface area contributed by atoms with Crippen molar-refractivity contribution in [1.29, 1.82) is 0 Å². The van der Waals surface area contributed by atoms with E-state index < -0.39 is 11.5 Å². The number of hydrogen-bond acceptors (Lipinski definition) is 5. The molecule has 26 heavy (non-hydrogen) atoms.